The molecule has 0 aromatic heterocycles. The number of imide groups is 1. The lowest BCUT2D eigenvalue weighted by Crippen LogP contribution is -2.29. The van der Waals surface area contributed by atoms with Crippen LogP contribution in [0, 0.1) is 0 Å². The van der Waals surface area contributed by atoms with Gasteiger partial charge in [0.25, 0.3) is 11.8 Å². The minimum Gasteiger partial charge on any atom is -0.451 e. The predicted molar refractivity (Wildman–Crippen MR) is 120 cm³/mol. The van der Waals surface area contributed by atoms with Crippen LogP contribution in [0.15, 0.2) is 66.7 Å². The summed E-state index contributed by atoms with van der Waals surface area (Å²) >= 11 is 12.0. The number of amides is 2. The van der Waals surface area contributed by atoms with Crippen molar-refractivity contribution in [2.45, 2.75) is 13.0 Å². The van der Waals surface area contributed by atoms with E-state index in [1.807, 2.05) is 0 Å². The summed E-state index contributed by atoms with van der Waals surface area (Å²) in [5.41, 5.74) is 0.937. The molecule has 0 saturated heterocycles. The molecule has 0 saturated carbocycles. The van der Waals surface area contributed by atoms with Crippen LogP contribution in [-0.2, 0) is 4.74 Å². The lowest BCUT2D eigenvalue weighted by atomic mass is 10.1. The van der Waals surface area contributed by atoms with Gasteiger partial charge in [-0.1, -0.05) is 59.6 Å². The number of carbonyl (C=O) groups is 4. The van der Waals surface area contributed by atoms with Crippen molar-refractivity contribution in [3.63, 3.8) is 0 Å². The van der Waals surface area contributed by atoms with E-state index in [4.69, 9.17) is 27.9 Å². The number of halogens is 2. The fourth-order valence-corrected chi connectivity index (χ4v) is 3.69. The van der Waals surface area contributed by atoms with E-state index in [-0.39, 0.29) is 38.2 Å². The molecular formula is C24H15Cl2NO5. The van der Waals surface area contributed by atoms with Gasteiger partial charge in [-0.05, 0) is 37.3 Å². The lowest BCUT2D eigenvalue weighted by Gasteiger charge is -2.16. The minimum absolute atomic E-state index is 0.0860. The lowest BCUT2D eigenvalue weighted by molar-refractivity contribution is 0.0318. The number of rotatable bonds is 5. The van der Waals surface area contributed by atoms with Crippen LogP contribution in [0.5, 0.6) is 0 Å². The number of hydrogen-bond acceptors (Lipinski definition) is 5. The quantitative estimate of drug-likeness (QED) is 0.291. The van der Waals surface area contributed by atoms with E-state index in [9.17, 15) is 19.2 Å². The first kappa shape index (κ1) is 21.7. The second kappa shape index (κ2) is 8.57. The van der Waals surface area contributed by atoms with Crippen LogP contribution < -0.4 is 4.90 Å². The van der Waals surface area contributed by atoms with Crippen LogP contribution in [0.3, 0.4) is 0 Å². The highest BCUT2D eigenvalue weighted by Gasteiger charge is 2.37. The first-order valence-electron chi connectivity index (χ1n) is 9.56. The van der Waals surface area contributed by atoms with Gasteiger partial charge in [0, 0.05) is 5.56 Å². The molecule has 32 heavy (non-hydrogen) atoms. The molecule has 1 heterocycles. The maximum absolute atomic E-state index is 12.8. The van der Waals surface area contributed by atoms with E-state index in [0.717, 1.165) is 4.90 Å². The molecule has 0 aliphatic carbocycles. The molecule has 3 aromatic carbocycles. The number of nitrogens with zero attached hydrogens (tertiary/aromatic N) is 1. The van der Waals surface area contributed by atoms with Crippen molar-refractivity contribution >= 4 is 52.5 Å². The minimum atomic E-state index is -1.02. The van der Waals surface area contributed by atoms with Crippen molar-refractivity contribution < 1.29 is 23.9 Å². The molecule has 1 atom stereocenters. The van der Waals surface area contributed by atoms with Crippen LogP contribution in [-0.4, -0.2) is 29.7 Å². The highest BCUT2D eigenvalue weighted by Crippen LogP contribution is 2.34. The van der Waals surface area contributed by atoms with Crippen molar-refractivity contribution in [3.8, 4) is 0 Å². The highest BCUT2D eigenvalue weighted by molar-refractivity contribution is 6.44. The van der Waals surface area contributed by atoms with Crippen molar-refractivity contribution in [2.75, 3.05) is 4.90 Å². The fourth-order valence-electron chi connectivity index (χ4n) is 3.36. The highest BCUT2D eigenvalue weighted by atomic mass is 35.5. The van der Waals surface area contributed by atoms with Gasteiger partial charge in [0.05, 0.1) is 32.4 Å². The normalized spacial score (nSPS) is 13.7. The Labute approximate surface area is 193 Å². The molecule has 160 valence electrons. The van der Waals surface area contributed by atoms with E-state index >= 15 is 0 Å². The van der Waals surface area contributed by atoms with Crippen LogP contribution in [0.2, 0.25) is 10.0 Å². The zero-order valence-electron chi connectivity index (χ0n) is 16.7. The zero-order valence-corrected chi connectivity index (χ0v) is 18.2. The monoisotopic (exact) mass is 467 g/mol. The third-order valence-corrected chi connectivity index (χ3v) is 5.70. The summed E-state index contributed by atoms with van der Waals surface area (Å²) in [5, 5.41) is 0.311. The number of Topliss-reactive ketones (excluding diaryl/α,β-unsaturated/α-hetero) is 1. The molecule has 2 amide bonds. The fraction of sp³-hybridized carbons (Fsp3) is 0.0833. The Morgan fingerprint density at radius 2 is 1.38 bits per heavy atom. The number of ketones is 1. The Kier molecular flexibility index (Phi) is 5.82. The summed E-state index contributed by atoms with van der Waals surface area (Å²) < 4.78 is 5.31. The number of ether oxygens (including phenoxy) is 1. The van der Waals surface area contributed by atoms with E-state index in [2.05, 4.69) is 0 Å². The number of esters is 1. The Bertz CT molecular complexity index is 1230. The van der Waals surface area contributed by atoms with Gasteiger partial charge < -0.3 is 4.74 Å². The molecule has 6 nitrogen and oxygen atoms in total. The molecule has 0 bridgehead atoms. The standard InChI is InChI=1S/C24H15Cl2NO5/c1-13(21(28)14-6-3-2-4-7-14)32-24(31)15-8-5-9-16(10-15)27-22(29)17-11-19(25)20(26)12-18(17)23(27)30/h2-13H,1H3/t13-/m0/s1. The summed E-state index contributed by atoms with van der Waals surface area (Å²) in [6.07, 6.45) is -1.02. The SMILES string of the molecule is C[C@H](OC(=O)c1cccc(N2C(=O)c3cc(Cl)c(Cl)cc3C2=O)c1)C(=O)c1ccccc1. The molecule has 4 rings (SSSR count). The van der Waals surface area contributed by atoms with E-state index in [0.29, 0.717) is 5.56 Å². The van der Waals surface area contributed by atoms with Crippen LogP contribution in [0.25, 0.3) is 0 Å². The summed E-state index contributed by atoms with van der Waals surface area (Å²) in [7, 11) is 0. The first-order valence-corrected chi connectivity index (χ1v) is 10.3. The third-order valence-electron chi connectivity index (χ3n) is 4.98. The van der Waals surface area contributed by atoms with Crippen LogP contribution in [0.1, 0.15) is 48.4 Å². The molecule has 0 unspecified atom stereocenters. The first-order chi connectivity index (χ1) is 15.3. The van der Waals surface area contributed by atoms with Crippen molar-refractivity contribution in [2.24, 2.45) is 0 Å². The maximum Gasteiger partial charge on any atom is 0.338 e. The molecule has 0 radical (unpaired) electrons. The van der Waals surface area contributed by atoms with Crippen molar-refractivity contribution in [1.29, 1.82) is 0 Å². The number of hydrogen-bond donors (Lipinski definition) is 0. The van der Waals surface area contributed by atoms with E-state index in [1.54, 1.807) is 30.3 Å². The van der Waals surface area contributed by atoms with Gasteiger partial charge >= 0.3 is 5.97 Å². The molecule has 3 aromatic rings. The van der Waals surface area contributed by atoms with Crippen LogP contribution >= 0.6 is 23.2 Å². The summed E-state index contributed by atoms with van der Waals surface area (Å²) in [6, 6.07) is 17.0. The van der Waals surface area contributed by atoms with Crippen molar-refractivity contribution in [3.05, 3.63) is 99.0 Å². The smallest absolute Gasteiger partial charge is 0.338 e. The van der Waals surface area contributed by atoms with Gasteiger partial charge in [0.2, 0.25) is 5.78 Å². The average Bonchev–Trinajstić information content (AvgIpc) is 3.03. The Balaban J connectivity index is 1.56. The predicted octanol–water partition coefficient (Wildman–Crippen LogP) is 5.22. The molecular weight excluding hydrogens is 453 g/mol. The van der Waals surface area contributed by atoms with Gasteiger partial charge in [0.1, 0.15) is 0 Å². The third kappa shape index (κ3) is 3.90. The molecule has 0 fully saturated rings. The molecule has 8 heteroatoms. The largest absolute Gasteiger partial charge is 0.451 e. The Morgan fingerprint density at radius 1 is 0.812 bits per heavy atom. The molecule has 1 aliphatic heterocycles. The van der Waals surface area contributed by atoms with E-state index < -0.39 is 23.9 Å². The molecule has 0 spiro atoms. The number of anilines is 1. The second-order valence-electron chi connectivity index (χ2n) is 7.09. The summed E-state index contributed by atoms with van der Waals surface area (Å²) in [5.74, 6) is -2.26. The summed E-state index contributed by atoms with van der Waals surface area (Å²) in [6.45, 7) is 1.48. The Hall–Kier alpha value is -3.48. The summed E-state index contributed by atoms with van der Waals surface area (Å²) in [4.78, 5) is 51.7. The average molecular weight is 468 g/mol. The maximum atomic E-state index is 12.8. The van der Waals surface area contributed by atoms with Crippen LogP contribution in [0.4, 0.5) is 5.69 Å². The molecule has 1 aliphatic rings. The van der Waals surface area contributed by atoms with Gasteiger partial charge in [-0.3, -0.25) is 14.4 Å². The molecule has 0 N–H and O–H groups in total. The zero-order chi connectivity index (χ0) is 23.0. The number of fused-ring (bicyclic) bond motifs is 1. The number of carbonyl (C=O) groups excluding carboxylic acids is 4. The topological polar surface area (TPSA) is 80.8 Å². The van der Waals surface area contributed by atoms with Gasteiger partial charge in [-0.2, -0.15) is 0 Å². The van der Waals surface area contributed by atoms with Gasteiger partial charge in [0.15, 0.2) is 6.10 Å². The van der Waals surface area contributed by atoms with Crippen molar-refractivity contribution in [1.82, 2.24) is 0 Å². The van der Waals surface area contributed by atoms with E-state index in [1.165, 1.54) is 43.3 Å². The van der Waals surface area contributed by atoms with Gasteiger partial charge in [-0.15, -0.1) is 0 Å². The van der Waals surface area contributed by atoms with Gasteiger partial charge in [-0.25, -0.2) is 9.69 Å². The second-order valence-corrected chi connectivity index (χ2v) is 7.90. The Morgan fingerprint density at radius 3 is 1.97 bits per heavy atom. The number of benzene rings is 3.